The predicted octanol–water partition coefficient (Wildman–Crippen LogP) is 3.32. The number of rotatable bonds is 6. The number of hydrogen-bond acceptors (Lipinski definition) is 3. The number of carbonyl (C=O) groups excluding carboxylic acids is 3. The third-order valence-corrected chi connectivity index (χ3v) is 5.05. The van der Waals surface area contributed by atoms with E-state index in [1.807, 2.05) is 25.1 Å². The number of nitrogens with one attached hydrogen (secondary N) is 2. The molecular formula is C23H27N3O3. The van der Waals surface area contributed by atoms with Crippen LogP contribution < -0.4 is 10.6 Å². The molecule has 1 atom stereocenters. The largest absolute Gasteiger partial charge is 0.356 e. The van der Waals surface area contributed by atoms with Crippen LogP contribution in [0.5, 0.6) is 0 Å². The molecule has 0 saturated carbocycles. The highest BCUT2D eigenvalue weighted by atomic mass is 16.2. The highest BCUT2D eigenvalue weighted by Crippen LogP contribution is 2.20. The minimum atomic E-state index is -0.193. The second-order valence-electron chi connectivity index (χ2n) is 7.28. The number of benzene rings is 2. The smallest absolute Gasteiger partial charge is 0.255 e. The summed E-state index contributed by atoms with van der Waals surface area (Å²) in [5.74, 6) is -0.396. The summed E-state index contributed by atoms with van der Waals surface area (Å²) in [6.07, 6.45) is 2.53. The molecule has 0 radical (unpaired) electrons. The molecule has 6 heteroatoms. The standard InChI is InChI=1S/C23H27N3O3/c1-2-14-24-21(27)19-9-6-15-26(16-19)23(29)18-10-12-20(13-11-18)25-22(28)17-7-4-3-5-8-17/h3-5,7-8,10-13,19H,2,6,9,14-16H2,1H3,(H,24,27)(H,25,28)/t19-/m0/s1. The van der Waals surface area contributed by atoms with Gasteiger partial charge in [0.15, 0.2) is 0 Å². The van der Waals surface area contributed by atoms with Crippen molar-refractivity contribution < 1.29 is 14.4 Å². The first kappa shape index (κ1) is 20.6. The van der Waals surface area contributed by atoms with E-state index in [0.29, 0.717) is 36.4 Å². The minimum absolute atomic E-state index is 0.0309. The van der Waals surface area contributed by atoms with Gasteiger partial charge in [0, 0.05) is 36.4 Å². The van der Waals surface area contributed by atoms with Crippen LogP contribution in [0.1, 0.15) is 46.9 Å². The molecule has 0 aliphatic carbocycles. The summed E-state index contributed by atoms with van der Waals surface area (Å²) >= 11 is 0. The second-order valence-corrected chi connectivity index (χ2v) is 7.28. The van der Waals surface area contributed by atoms with Crippen molar-refractivity contribution in [3.63, 3.8) is 0 Å². The van der Waals surface area contributed by atoms with Crippen molar-refractivity contribution in [3.8, 4) is 0 Å². The van der Waals surface area contributed by atoms with Gasteiger partial charge in [-0.05, 0) is 55.7 Å². The normalized spacial score (nSPS) is 16.2. The zero-order valence-corrected chi connectivity index (χ0v) is 16.7. The fraction of sp³-hybridized carbons (Fsp3) is 0.348. The van der Waals surface area contributed by atoms with Gasteiger partial charge in [0.05, 0.1) is 5.92 Å². The number of amides is 3. The van der Waals surface area contributed by atoms with Crippen LogP contribution in [-0.4, -0.2) is 42.3 Å². The van der Waals surface area contributed by atoms with Crippen molar-refractivity contribution in [1.29, 1.82) is 0 Å². The fourth-order valence-corrected chi connectivity index (χ4v) is 3.44. The quantitative estimate of drug-likeness (QED) is 0.790. The Kier molecular flexibility index (Phi) is 7.00. The molecule has 3 amide bonds. The summed E-state index contributed by atoms with van der Waals surface area (Å²) in [5.41, 5.74) is 1.76. The molecule has 1 aliphatic rings. The number of anilines is 1. The molecule has 2 aromatic rings. The van der Waals surface area contributed by atoms with Crippen molar-refractivity contribution in [1.82, 2.24) is 10.2 Å². The Morgan fingerprint density at radius 3 is 2.41 bits per heavy atom. The molecule has 0 bridgehead atoms. The molecule has 0 unspecified atom stereocenters. The molecule has 0 spiro atoms. The number of likely N-dealkylation sites (tertiary alicyclic amines) is 1. The highest BCUT2D eigenvalue weighted by molar-refractivity contribution is 6.04. The van der Waals surface area contributed by atoms with E-state index in [0.717, 1.165) is 19.3 Å². The van der Waals surface area contributed by atoms with Crippen LogP contribution in [0.25, 0.3) is 0 Å². The van der Waals surface area contributed by atoms with E-state index in [4.69, 9.17) is 0 Å². The summed E-state index contributed by atoms with van der Waals surface area (Å²) in [6.45, 7) is 3.78. The van der Waals surface area contributed by atoms with Gasteiger partial charge in [-0.25, -0.2) is 0 Å². The second kappa shape index (κ2) is 9.87. The third kappa shape index (κ3) is 5.44. The van der Waals surface area contributed by atoms with Gasteiger partial charge in [0.2, 0.25) is 5.91 Å². The number of hydrogen-bond donors (Lipinski definition) is 2. The highest BCUT2D eigenvalue weighted by Gasteiger charge is 2.28. The Hall–Kier alpha value is -3.15. The first-order valence-electron chi connectivity index (χ1n) is 10.1. The van der Waals surface area contributed by atoms with Crippen LogP contribution in [0.15, 0.2) is 54.6 Å². The van der Waals surface area contributed by atoms with Gasteiger partial charge in [-0.2, -0.15) is 0 Å². The number of nitrogens with zero attached hydrogens (tertiary/aromatic N) is 1. The molecule has 2 aromatic carbocycles. The van der Waals surface area contributed by atoms with Crippen molar-refractivity contribution >= 4 is 23.4 Å². The van der Waals surface area contributed by atoms with Crippen LogP contribution in [0.3, 0.4) is 0 Å². The van der Waals surface area contributed by atoms with Gasteiger partial charge >= 0.3 is 0 Å². The van der Waals surface area contributed by atoms with E-state index in [-0.39, 0.29) is 23.6 Å². The molecule has 2 N–H and O–H groups in total. The lowest BCUT2D eigenvalue weighted by Crippen LogP contribution is -2.45. The Morgan fingerprint density at radius 1 is 1.00 bits per heavy atom. The van der Waals surface area contributed by atoms with E-state index in [9.17, 15) is 14.4 Å². The minimum Gasteiger partial charge on any atom is -0.356 e. The van der Waals surface area contributed by atoms with Crippen molar-refractivity contribution in [2.45, 2.75) is 26.2 Å². The molecule has 1 fully saturated rings. The topological polar surface area (TPSA) is 78.5 Å². The van der Waals surface area contributed by atoms with Crippen LogP contribution in [0.2, 0.25) is 0 Å². The van der Waals surface area contributed by atoms with Crippen LogP contribution in [0, 0.1) is 5.92 Å². The lowest BCUT2D eigenvalue weighted by molar-refractivity contribution is -0.126. The molecule has 0 aromatic heterocycles. The summed E-state index contributed by atoms with van der Waals surface area (Å²) in [4.78, 5) is 39.1. The SMILES string of the molecule is CCCNC(=O)[C@H]1CCCN(C(=O)c2ccc(NC(=O)c3ccccc3)cc2)C1. The van der Waals surface area contributed by atoms with Gasteiger partial charge in [-0.15, -0.1) is 0 Å². The van der Waals surface area contributed by atoms with E-state index < -0.39 is 0 Å². The maximum Gasteiger partial charge on any atom is 0.255 e. The zero-order valence-electron chi connectivity index (χ0n) is 16.7. The van der Waals surface area contributed by atoms with E-state index in [1.165, 1.54) is 0 Å². The molecule has 1 aliphatic heterocycles. The first-order valence-corrected chi connectivity index (χ1v) is 10.1. The van der Waals surface area contributed by atoms with Gasteiger partial charge < -0.3 is 15.5 Å². The van der Waals surface area contributed by atoms with Gasteiger partial charge in [-0.3, -0.25) is 14.4 Å². The molecule has 1 heterocycles. The Morgan fingerprint density at radius 2 is 1.72 bits per heavy atom. The van der Waals surface area contributed by atoms with Crippen LogP contribution in [0.4, 0.5) is 5.69 Å². The van der Waals surface area contributed by atoms with E-state index in [2.05, 4.69) is 10.6 Å². The summed E-state index contributed by atoms with van der Waals surface area (Å²) in [5, 5.41) is 5.75. The van der Waals surface area contributed by atoms with Crippen LogP contribution >= 0.6 is 0 Å². The maximum atomic E-state index is 12.8. The van der Waals surface area contributed by atoms with Gasteiger partial charge in [0.25, 0.3) is 11.8 Å². The average Bonchev–Trinajstić information content (AvgIpc) is 2.78. The number of carbonyl (C=O) groups is 3. The third-order valence-electron chi connectivity index (χ3n) is 5.05. The Balaban J connectivity index is 1.59. The molecule has 29 heavy (non-hydrogen) atoms. The number of piperidine rings is 1. The predicted molar refractivity (Wildman–Crippen MR) is 113 cm³/mol. The zero-order chi connectivity index (χ0) is 20.6. The summed E-state index contributed by atoms with van der Waals surface area (Å²) < 4.78 is 0. The van der Waals surface area contributed by atoms with E-state index in [1.54, 1.807) is 41.3 Å². The van der Waals surface area contributed by atoms with E-state index >= 15 is 0 Å². The van der Waals surface area contributed by atoms with Crippen LogP contribution in [-0.2, 0) is 4.79 Å². The lowest BCUT2D eigenvalue weighted by Gasteiger charge is -2.32. The average molecular weight is 393 g/mol. The molecule has 3 rings (SSSR count). The van der Waals surface area contributed by atoms with Crippen molar-refractivity contribution in [2.24, 2.45) is 5.92 Å². The van der Waals surface area contributed by atoms with Crippen molar-refractivity contribution in [3.05, 3.63) is 65.7 Å². The van der Waals surface area contributed by atoms with Gasteiger partial charge in [0.1, 0.15) is 0 Å². The molecule has 152 valence electrons. The first-order chi connectivity index (χ1) is 14.1. The van der Waals surface area contributed by atoms with Gasteiger partial charge in [-0.1, -0.05) is 25.1 Å². The lowest BCUT2D eigenvalue weighted by atomic mass is 9.96. The Bertz CT molecular complexity index is 849. The molecular weight excluding hydrogens is 366 g/mol. The Labute approximate surface area is 171 Å². The molecule has 6 nitrogen and oxygen atoms in total. The summed E-state index contributed by atoms with van der Waals surface area (Å²) in [6, 6.07) is 15.8. The van der Waals surface area contributed by atoms with Crippen molar-refractivity contribution in [2.75, 3.05) is 25.0 Å². The summed E-state index contributed by atoms with van der Waals surface area (Å²) in [7, 11) is 0. The maximum absolute atomic E-state index is 12.8. The molecule has 1 saturated heterocycles. The monoisotopic (exact) mass is 393 g/mol. The fourth-order valence-electron chi connectivity index (χ4n) is 3.44.